The Morgan fingerprint density at radius 1 is 1.25 bits per heavy atom. The molecule has 0 N–H and O–H groups in total. The summed E-state index contributed by atoms with van der Waals surface area (Å²) >= 11 is 11.6. The Bertz CT molecular complexity index is 735. The largest absolute Gasteiger partial charge is 0.479 e. The number of sulfone groups is 1. The van der Waals surface area contributed by atoms with Crippen molar-refractivity contribution in [3.63, 3.8) is 0 Å². The molecular formula is C12H10Cl2N2O3S. The van der Waals surface area contributed by atoms with Gasteiger partial charge in [-0.3, -0.25) is 0 Å². The maximum Gasteiger partial charge on any atom is 0.252 e. The summed E-state index contributed by atoms with van der Waals surface area (Å²) in [6.45, 7) is 0. The maximum atomic E-state index is 12.3. The minimum Gasteiger partial charge on any atom is -0.479 e. The first-order valence-electron chi connectivity index (χ1n) is 5.47. The van der Waals surface area contributed by atoms with Gasteiger partial charge in [-0.2, -0.15) is 0 Å². The standard InChI is InChI=1S/C12H10Cl2N2O3S/c1-19-12-11(14)15-6-8(16-12)7-20(17,18)10-5-3-2-4-9(10)13/h2-6H,7H2,1H3. The van der Waals surface area contributed by atoms with Gasteiger partial charge in [0.2, 0.25) is 0 Å². The summed E-state index contributed by atoms with van der Waals surface area (Å²) in [5.74, 6) is -0.254. The molecule has 20 heavy (non-hydrogen) atoms. The molecule has 0 atom stereocenters. The van der Waals surface area contributed by atoms with Gasteiger partial charge in [-0.25, -0.2) is 18.4 Å². The molecule has 106 valence electrons. The molecule has 0 fully saturated rings. The van der Waals surface area contributed by atoms with Crippen molar-refractivity contribution in [2.75, 3.05) is 7.11 Å². The molecule has 0 saturated heterocycles. The summed E-state index contributed by atoms with van der Waals surface area (Å²) in [5, 5.41) is 0.243. The van der Waals surface area contributed by atoms with Crippen LogP contribution in [-0.2, 0) is 15.6 Å². The lowest BCUT2D eigenvalue weighted by molar-refractivity contribution is 0.394. The molecule has 1 heterocycles. The zero-order chi connectivity index (χ0) is 14.8. The third kappa shape index (κ3) is 3.20. The molecule has 0 aliphatic rings. The van der Waals surface area contributed by atoms with Crippen LogP contribution < -0.4 is 4.74 Å². The lowest BCUT2D eigenvalue weighted by Gasteiger charge is -2.07. The molecule has 0 saturated carbocycles. The van der Waals surface area contributed by atoms with Crippen LogP contribution in [0, 0.1) is 0 Å². The van der Waals surface area contributed by atoms with Crippen LogP contribution in [0.2, 0.25) is 10.2 Å². The normalized spacial score (nSPS) is 11.3. The molecule has 8 heteroatoms. The van der Waals surface area contributed by atoms with Crippen LogP contribution in [0.15, 0.2) is 35.4 Å². The fourth-order valence-electron chi connectivity index (χ4n) is 1.56. The molecule has 0 radical (unpaired) electrons. The molecule has 0 bridgehead atoms. The smallest absolute Gasteiger partial charge is 0.252 e. The summed E-state index contributed by atoms with van der Waals surface area (Å²) < 4.78 is 29.5. The summed E-state index contributed by atoms with van der Waals surface area (Å²) in [5.41, 5.74) is 0.228. The van der Waals surface area contributed by atoms with Gasteiger partial charge in [0.1, 0.15) is 0 Å². The second kappa shape index (κ2) is 5.95. The van der Waals surface area contributed by atoms with E-state index in [1.807, 2.05) is 0 Å². The Morgan fingerprint density at radius 2 is 1.95 bits per heavy atom. The quantitative estimate of drug-likeness (QED) is 0.860. The van der Waals surface area contributed by atoms with E-state index in [0.717, 1.165) is 0 Å². The molecule has 0 unspecified atom stereocenters. The molecule has 2 rings (SSSR count). The topological polar surface area (TPSA) is 69.2 Å². The molecule has 0 aliphatic carbocycles. The van der Waals surface area contributed by atoms with Crippen molar-refractivity contribution >= 4 is 33.0 Å². The number of rotatable bonds is 4. The number of nitrogens with zero attached hydrogens (tertiary/aromatic N) is 2. The Kier molecular flexibility index (Phi) is 4.47. The number of ether oxygens (including phenoxy) is 1. The van der Waals surface area contributed by atoms with E-state index < -0.39 is 9.84 Å². The number of benzene rings is 1. The number of halogens is 2. The molecule has 2 aromatic rings. The first-order chi connectivity index (χ1) is 9.44. The van der Waals surface area contributed by atoms with Crippen molar-refractivity contribution in [1.82, 2.24) is 9.97 Å². The van der Waals surface area contributed by atoms with Crippen molar-refractivity contribution in [3.05, 3.63) is 46.3 Å². The van der Waals surface area contributed by atoms with Gasteiger partial charge in [0.05, 0.1) is 34.7 Å². The van der Waals surface area contributed by atoms with Crippen LogP contribution in [0.3, 0.4) is 0 Å². The van der Waals surface area contributed by atoms with Crippen LogP contribution in [0.1, 0.15) is 5.69 Å². The molecule has 0 aliphatic heterocycles. The number of aromatic nitrogens is 2. The monoisotopic (exact) mass is 332 g/mol. The molecule has 0 spiro atoms. The van der Waals surface area contributed by atoms with Gasteiger partial charge >= 0.3 is 0 Å². The molecule has 0 amide bonds. The number of hydrogen-bond donors (Lipinski definition) is 0. The van der Waals surface area contributed by atoms with Crippen molar-refractivity contribution in [1.29, 1.82) is 0 Å². The molecular weight excluding hydrogens is 323 g/mol. The highest BCUT2D eigenvalue weighted by Crippen LogP contribution is 2.25. The van der Waals surface area contributed by atoms with Gasteiger partial charge in [0.25, 0.3) is 5.88 Å². The van der Waals surface area contributed by atoms with E-state index in [4.69, 9.17) is 27.9 Å². The summed E-state index contributed by atoms with van der Waals surface area (Å²) in [6.07, 6.45) is 1.29. The third-order valence-electron chi connectivity index (χ3n) is 2.45. The van der Waals surface area contributed by atoms with E-state index in [9.17, 15) is 8.42 Å². The molecule has 5 nitrogen and oxygen atoms in total. The molecule has 1 aromatic heterocycles. The average Bonchev–Trinajstić information content (AvgIpc) is 2.41. The van der Waals surface area contributed by atoms with Gasteiger partial charge in [0, 0.05) is 0 Å². The first-order valence-corrected chi connectivity index (χ1v) is 7.87. The van der Waals surface area contributed by atoms with Crippen molar-refractivity contribution in [2.24, 2.45) is 0 Å². The zero-order valence-corrected chi connectivity index (χ0v) is 12.7. The molecule has 1 aromatic carbocycles. The Labute approximate surface area is 126 Å². The second-order valence-electron chi connectivity index (χ2n) is 3.85. The lowest BCUT2D eigenvalue weighted by Crippen LogP contribution is -2.08. The van der Waals surface area contributed by atoms with Crippen molar-refractivity contribution < 1.29 is 13.2 Å². The van der Waals surface area contributed by atoms with Gasteiger partial charge in [-0.1, -0.05) is 35.3 Å². The van der Waals surface area contributed by atoms with Gasteiger partial charge in [-0.05, 0) is 12.1 Å². The highest BCUT2D eigenvalue weighted by atomic mass is 35.5. The Balaban J connectivity index is 2.36. The predicted octanol–water partition coefficient (Wildman–Crippen LogP) is 2.77. The minimum absolute atomic E-state index is 0.0531. The van der Waals surface area contributed by atoms with E-state index in [2.05, 4.69) is 9.97 Å². The lowest BCUT2D eigenvalue weighted by atomic mass is 10.4. The fraction of sp³-hybridized carbons (Fsp3) is 0.167. The SMILES string of the molecule is COc1nc(CS(=O)(=O)c2ccccc2Cl)cnc1Cl. The van der Waals surface area contributed by atoms with E-state index in [-0.39, 0.29) is 32.4 Å². The highest BCUT2D eigenvalue weighted by molar-refractivity contribution is 7.90. The van der Waals surface area contributed by atoms with Gasteiger partial charge in [-0.15, -0.1) is 0 Å². The van der Waals surface area contributed by atoms with E-state index >= 15 is 0 Å². The van der Waals surface area contributed by atoms with Gasteiger partial charge < -0.3 is 4.74 Å². The third-order valence-corrected chi connectivity index (χ3v) is 4.85. The number of hydrogen-bond acceptors (Lipinski definition) is 5. The summed E-state index contributed by atoms with van der Waals surface area (Å²) in [6, 6.07) is 6.22. The van der Waals surface area contributed by atoms with Gasteiger partial charge in [0.15, 0.2) is 15.0 Å². The minimum atomic E-state index is -3.61. The van der Waals surface area contributed by atoms with Crippen LogP contribution in [0.4, 0.5) is 0 Å². The Hall–Kier alpha value is -1.37. The van der Waals surface area contributed by atoms with Crippen LogP contribution in [0.25, 0.3) is 0 Å². The Morgan fingerprint density at radius 3 is 2.60 bits per heavy atom. The van der Waals surface area contributed by atoms with Crippen LogP contribution >= 0.6 is 23.2 Å². The zero-order valence-electron chi connectivity index (χ0n) is 10.4. The van der Waals surface area contributed by atoms with Crippen LogP contribution in [0.5, 0.6) is 5.88 Å². The van der Waals surface area contributed by atoms with E-state index in [1.165, 1.54) is 25.4 Å². The van der Waals surface area contributed by atoms with Crippen molar-refractivity contribution in [2.45, 2.75) is 10.6 Å². The fourth-order valence-corrected chi connectivity index (χ4v) is 3.55. The first kappa shape index (κ1) is 15.0. The van der Waals surface area contributed by atoms with Crippen LogP contribution in [-0.4, -0.2) is 25.5 Å². The van der Waals surface area contributed by atoms with E-state index in [0.29, 0.717) is 0 Å². The van der Waals surface area contributed by atoms with Crippen molar-refractivity contribution in [3.8, 4) is 5.88 Å². The maximum absolute atomic E-state index is 12.3. The van der Waals surface area contributed by atoms with E-state index in [1.54, 1.807) is 12.1 Å². The number of methoxy groups -OCH3 is 1. The highest BCUT2D eigenvalue weighted by Gasteiger charge is 2.20. The summed E-state index contributed by atoms with van der Waals surface area (Å²) in [7, 11) is -2.24. The summed E-state index contributed by atoms with van der Waals surface area (Å²) in [4.78, 5) is 7.88. The predicted molar refractivity (Wildman–Crippen MR) is 75.9 cm³/mol. The second-order valence-corrected chi connectivity index (χ2v) is 6.57. The average molecular weight is 333 g/mol.